The van der Waals surface area contributed by atoms with E-state index in [1.807, 2.05) is 6.07 Å². The number of carbonyl (C=O) groups excluding carboxylic acids is 3. The van der Waals surface area contributed by atoms with Crippen molar-refractivity contribution in [2.75, 3.05) is 0 Å². The van der Waals surface area contributed by atoms with Gasteiger partial charge in [-0.3, -0.25) is 9.59 Å². The number of aldehydes is 2. The van der Waals surface area contributed by atoms with Crippen LogP contribution >= 0.6 is 0 Å². The lowest BCUT2D eigenvalue weighted by Crippen LogP contribution is -2.18. The Balaban J connectivity index is 0. The minimum Gasteiger partial charge on any atom is -0.508 e. The first-order valence-electron chi connectivity index (χ1n) is 3.72. The molecule has 1 aromatic carbocycles. The zero-order valence-corrected chi connectivity index (χ0v) is 7.87. The first-order valence-corrected chi connectivity index (χ1v) is 3.72. The number of phenols is 1. The average Bonchev–Trinajstić information content (AvgIpc) is 2.18. The molecule has 1 rings (SSSR count). The Labute approximate surface area is 86.5 Å². The van der Waals surface area contributed by atoms with Crippen molar-refractivity contribution in [1.82, 2.24) is 0 Å². The Bertz CT molecular complexity index is 277. The van der Waals surface area contributed by atoms with Crippen molar-refractivity contribution in [2.45, 2.75) is 0 Å². The van der Waals surface area contributed by atoms with Crippen molar-refractivity contribution < 1.29 is 19.5 Å². The van der Waals surface area contributed by atoms with E-state index in [0.29, 0.717) is 5.75 Å². The second-order valence-electron chi connectivity index (χ2n) is 2.01. The quantitative estimate of drug-likeness (QED) is 0.440. The summed E-state index contributed by atoms with van der Waals surface area (Å²) in [7, 11) is 0. The lowest BCUT2D eigenvalue weighted by Gasteiger charge is -1.82. The van der Waals surface area contributed by atoms with Gasteiger partial charge in [0, 0.05) is 0 Å². The number of phenolic OH excluding ortho intramolecular Hbond substituents is 1. The largest absolute Gasteiger partial charge is 0.508 e. The van der Waals surface area contributed by atoms with Crippen molar-refractivity contribution >= 4 is 18.6 Å². The summed E-state index contributed by atoms with van der Waals surface area (Å²) in [5.74, 6) is 0.322. The Kier molecular flexibility index (Phi) is 11.7. The van der Waals surface area contributed by atoms with Crippen LogP contribution in [0, 0.1) is 0 Å². The molecule has 0 aliphatic carbocycles. The van der Waals surface area contributed by atoms with Crippen LogP contribution in [0.2, 0.25) is 0 Å². The van der Waals surface area contributed by atoms with E-state index in [1.165, 1.54) is 0 Å². The van der Waals surface area contributed by atoms with Gasteiger partial charge in [0.05, 0.1) is 0 Å². The highest BCUT2D eigenvalue weighted by Gasteiger charge is 1.74. The molecule has 0 aliphatic rings. The van der Waals surface area contributed by atoms with Gasteiger partial charge in [0.25, 0.3) is 0 Å². The Morgan fingerprint density at radius 3 is 1.53 bits per heavy atom. The number of urea groups is 1. The van der Waals surface area contributed by atoms with E-state index in [9.17, 15) is 0 Å². The zero-order valence-electron chi connectivity index (χ0n) is 7.87. The highest BCUT2D eigenvalue weighted by atomic mass is 16.3. The molecule has 0 fully saturated rings. The molecule has 6 heteroatoms. The van der Waals surface area contributed by atoms with Crippen molar-refractivity contribution in [3.8, 4) is 5.75 Å². The molecule has 6 nitrogen and oxygen atoms in total. The topological polar surface area (TPSA) is 123 Å². The summed E-state index contributed by atoms with van der Waals surface area (Å²) in [6, 6.07) is 7.88. The fraction of sp³-hybridized carbons (Fsp3) is 0. The van der Waals surface area contributed by atoms with Crippen molar-refractivity contribution in [3.05, 3.63) is 30.3 Å². The maximum Gasteiger partial charge on any atom is 0.309 e. The third kappa shape index (κ3) is 24.5. The Morgan fingerprint density at radius 1 is 1.07 bits per heavy atom. The number of hydrogen-bond donors (Lipinski definition) is 3. The van der Waals surface area contributed by atoms with Crippen molar-refractivity contribution in [1.29, 1.82) is 0 Å². The van der Waals surface area contributed by atoms with Gasteiger partial charge in [0.1, 0.15) is 5.75 Å². The second kappa shape index (κ2) is 11.6. The van der Waals surface area contributed by atoms with Crippen LogP contribution < -0.4 is 11.5 Å². The Hall–Kier alpha value is -2.37. The van der Waals surface area contributed by atoms with E-state index in [-0.39, 0.29) is 12.6 Å². The standard InChI is InChI=1S/C6H6O.C2H2O2.CH4N2O/c7-6-4-2-1-3-5-6;3-1-2-4;2-1(3)4/h1-5,7H;1-2H;(H4,2,3,4). The zero-order chi connectivity index (χ0) is 12.1. The van der Waals surface area contributed by atoms with Crippen LogP contribution in [0.5, 0.6) is 5.75 Å². The molecule has 2 amide bonds. The summed E-state index contributed by atoms with van der Waals surface area (Å²) >= 11 is 0. The first kappa shape index (κ1) is 15.1. The number of primary amides is 2. The maximum atomic E-state index is 9.00. The minimum absolute atomic E-state index is 0.194. The van der Waals surface area contributed by atoms with Gasteiger partial charge in [0.15, 0.2) is 12.6 Å². The lowest BCUT2D eigenvalue weighted by atomic mass is 10.3. The molecule has 0 atom stereocenters. The van der Waals surface area contributed by atoms with E-state index in [4.69, 9.17) is 19.5 Å². The van der Waals surface area contributed by atoms with E-state index in [2.05, 4.69) is 11.5 Å². The molecule has 0 saturated carbocycles. The fourth-order valence-electron chi connectivity index (χ4n) is 0.428. The molecule has 15 heavy (non-hydrogen) atoms. The van der Waals surface area contributed by atoms with Crippen molar-refractivity contribution in [3.63, 3.8) is 0 Å². The predicted molar refractivity (Wildman–Crippen MR) is 54.0 cm³/mol. The summed E-state index contributed by atoms with van der Waals surface area (Å²) in [5.41, 5.74) is 8.50. The number of para-hydroxylation sites is 1. The molecule has 0 aliphatic heterocycles. The predicted octanol–water partition coefficient (Wildman–Crippen LogP) is -0.200. The monoisotopic (exact) mass is 212 g/mol. The van der Waals surface area contributed by atoms with Crippen molar-refractivity contribution in [2.24, 2.45) is 11.5 Å². The van der Waals surface area contributed by atoms with Crippen LogP contribution in [0.15, 0.2) is 30.3 Å². The third-order valence-corrected chi connectivity index (χ3v) is 0.812. The number of amides is 2. The van der Waals surface area contributed by atoms with E-state index in [0.717, 1.165) is 0 Å². The number of benzene rings is 1. The first-order chi connectivity index (χ1) is 7.04. The van der Waals surface area contributed by atoms with E-state index >= 15 is 0 Å². The molecule has 0 bridgehead atoms. The SMILES string of the molecule is NC(N)=O.O=CC=O.Oc1ccccc1. The van der Waals surface area contributed by atoms with Gasteiger partial charge in [-0.2, -0.15) is 0 Å². The van der Waals surface area contributed by atoms with Crippen LogP contribution in [0.1, 0.15) is 0 Å². The van der Waals surface area contributed by atoms with E-state index in [1.54, 1.807) is 24.3 Å². The molecule has 0 aromatic heterocycles. The number of aromatic hydroxyl groups is 1. The normalized spacial score (nSPS) is 6.93. The van der Waals surface area contributed by atoms with Gasteiger partial charge in [-0.15, -0.1) is 0 Å². The molecule has 82 valence electrons. The molecule has 0 saturated heterocycles. The summed E-state index contributed by atoms with van der Waals surface area (Å²) in [6.07, 6.45) is 0.389. The van der Waals surface area contributed by atoms with Crippen LogP contribution in [-0.2, 0) is 9.59 Å². The Morgan fingerprint density at radius 2 is 1.40 bits per heavy atom. The molecule has 0 spiro atoms. The highest BCUT2D eigenvalue weighted by Crippen LogP contribution is 2.02. The van der Waals surface area contributed by atoms with Gasteiger partial charge in [0.2, 0.25) is 0 Å². The van der Waals surface area contributed by atoms with Gasteiger partial charge >= 0.3 is 6.03 Å². The molecule has 0 radical (unpaired) electrons. The molecule has 1 aromatic rings. The smallest absolute Gasteiger partial charge is 0.309 e. The summed E-state index contributed by atoms with van der Waals surface area (Å²) in [6.45, 7) is 0. The third-order valence-electron chi connectivity index (χ3n) is 0.812. The van der Waals surface area contributed by atoms with Crippen LogP contribution in [0.3, 0.4) is 0 Å². The molecule has 0 heterocycles. The summed E-state index contributed by atoms with van der Waals surface area (Å²) in [4.78, 5) is 26.6. The van der Waals surface area contributed by atoms with Gasteiger partial charge in [-0.1, -0.05) is 18.2 Å². The number of rotatable bonds is 1. The van der Waals surface area contributed by atoms with Crippen LogP contribution in [0.25, 0.3) is 0 Å². The molecular formula is C9H12N2O4. The van der Waals surface area contributed by atoms with Crippen LogP contribution in [-0.4, -0.2) is 23.7 Å². The second-order valence-corrected chi connectivity index (χ2v) is 2.01. The van der Waals surface area contributed by atoms with E-state index < -0.39 is 6.03 Å². The minimum atomic E-state index is -0.833. The molecular weight excluding hydrogens is 200 g/mol. The lowest BCUT2D eigenvalue weighted by molar-refractivity contribution is -0.122. The number of hydrogen-bond acceptors (Lipinski definition) is 4. The van der Waals surface area contributed by atoms with Gasteiger partial charge in [-0.05, 0) is 12.1 Å². The summed E-state index contributed by atoms with van der Waals surface area (Å²) in [5, 5.41) is 8.63. The number of nitrogens with two attached hydrogens (primary N) is 2. The number of carbonyl (C=O) groups is 3. The molecule has 0 unspecified atom stereocenters. The van der Waals surface area contributed by atoms with Gasteiger partial charge in [-0.25, -0.2) is 4.79 Å². The van der Waals surface area contributed by atoms with Gasteiger partial charge < -0.3 is 16.6 Å². The fourth-order valence-corrected chi connectivity index (χ4v) is 0.428. The highest BCUT2D eigenvalue weighted by molar-refractivity contribution is 6.09. The van der Waals surface area contributed by atoms with Crippen LogP contribution in [0.4, 0.5) is 4.79 Å². The maximum absolute atomic E-state index is 9.00. The average molecular weight is 212 g/mol. The molecule has 5 N–H and O–H groups in total. The summed E-state index contributed by atoms with van der Waals surface area (Å²) < 4.78 is 0.